The second kappa shape index (κ2) is 5.20. The van der Waals surface area contributed by atoms with Crippen LogP contribution in [0, 0.1) is 12.8 Å². The summed E-state index contributed by atoms with van der Waals surface area (Å²) in [6, 6.07) is 1.61. The van der Waals surface area contributed by atoms with Gasteiger partial charge in [0.2, 0.25) is 0 Å². The van der Waals surface area contributed by atoms with Crippen LogP contribution in [0.1, 0.15) is 41.9 Å². The highest BCUT2D eigenvalue weighted by Gasteiger charge is 2.27. The van der Waals surface area contributed by atoms with Crippen molar-refractivity contribution in [2.75, 3.05) is 0 Å². The van der Waals surface area contributed by atoms with E-state index in [-0.39, 0.29) is 23.6 Å². The van der Waals surface area contributed by atoms with E-state index < -0.39 is 5.97 Å². The van der Waals surface area contributed by atoms with Crippen molar-refractivity contribution in [3.63, 3.8) is 0 Å². The largest absolute Gasteiger partial charge is 0.481 e. The Labute approximate surface area is 104 Å². The highest BCUT2D eigenvalue weighted by molar-refractivity contribution is 5.92. The summed E-state index contributed by atoms with van der Waals surface area (Å²) in [5.41, 5.74) is 0.271. The van der Waals surface area contributed by atoms with E-state index in [9.17, 15) is 9.59 Å². The average molecular weight is 252 g/mol. The molecule has 6 nitrogen and oxygen atoms in total. The van der Waals surface area contributed by atoms with E-state index in [1.807, 2.05) is 0 Å². The van der Waals surface area contributed by atoms with Gasteiger partial charge in [-0.1, -0.05) is 5.16 Å². The van der Waals surface area contributed by atoms with Crippen LogP contribution in [-0.4, -0.2) is 28.2 Å². The lowest BCUT2D eigenvalue weighted by atomic mass is 9.86. The number of aliphatic carboxylic acids is 1. The highest BCUT2D eigenvalue weighted by Crippen LogP contribution is 2.24. The fourth-order valence-electron chi connectivity index (χ4n) is 2.22. The number of carbonyl (C=O) groups is 2. The Kier molecular flexibility index (Phi) is 3.64. The van der Waals surface area contributed by atoms with Gasteiger partial charge in [-0.3, -0.25) is 9.59 Å². The van der Waals surface area contributed by atoms with E-state index in [1.54, 1.807) is 13.0 Å². The molecule has 2 N–H and O–H groups in total. The molecular formula is C12H16N2O4. The molecule has 18 heavy (non-hydrogen) atoms. The molecule has 6 heteroatoms. The maximum Gasteiger partial charge on any atom is 0.306 e. The predicted molar refractivity (Wildman–Crippen MR) is 62.1 cm³/mol. The fraction of sp³-hybridized carbons (Fsp3) is 0.583. The van der Waals surface area contributed by atoms with Crippen LogP contribution in [0.15, 0.2) is 10.6 Å². The Bertz CT molecular complexity index is 447. The Morgan fingerprint density at radius 3 is 2.56 bits per heavy atom. The normalized spacial score (nSPS) is 23.6. The van der Waals surface area contributed by atoms with Crippen LogP contribution in [0.3, 0.4) is 0 Å². The molecule has 1 aliphatic carbocycles. The first kappa shape index (κ1) is 12.6. The maximum absolute atomic E-state index is 11.8. The number of carboxylic acids is 1. The van der Waals surface area contributed by atoms with Crippen LogP contribution in [0.5, 0.6) is 0 Å². The zero-order valence-corrected chi connectivity index (χ0v) is 10.2. The molecular weight excluding hydrogens is 236 g/mol. The molecule has 0 aliphatic heterocycles. The Morgan fingerprint density at radius 1 is 1.39 bits per heavy atom. The minimum Gasteiger partial charge on any atom is -0.481 e. The third-order valence-corrected chi connectivity index (χ3v) is 3.27. The summed E-state index contributed by atoms with van der Waals surface area (Å²) in [7, 11) is 0. The Balaban J connectivity index is 1.85. The van der Waals surface area contributed by atoms with Crippen molar-refractivity contribution in [2.45, 2.75) is 38.6 Å². The van der Waals surface area contributed by atoms with E-state index in [4.69, 9.17) is 9.63 Å². The molecule has 1 fully saturated rings. The number of nitrogens with one attached hydrogen (secondary N) is 1. The summed E-state index contributed by atoms with van der Waals surface area (Å²) in [5, 5.41) is 15.4. The molecule has 98 valence electrons. The third-order valence-electron chi connectivity index (χ3n) is 3.27. The SMILES string of the molecule is Cc1cc(C(=O)NC2CCC(C(=O)O)CC2)no1. The van der Waals surface area contributed by atoms with E-state index in [2.05, 4.69) is 10.5 Å². The average Bonchev–Trinajstić information content (AvgIpc) is 2.76. The topological polar surface area (TPSA) is 92.4 Å². The van der Waals surface area contributed by atoms with E-state index >= 15 is 0 Å². The summed E-state index contributed by atoms with van der Waals surface area (Å²) in [4.78, 5) is 22.6. The number of hydrogen-bond donors (Lipinski definition) is 2. The van der Waals surface area contributed by atoms with Gasteiger partial charge in [0.05, 0.1) is 5.92 Å². The highest BCUT2D eigenvalue weighted by atomic mass is 16.5. The number of nitrogens with zero attached hydrogens (tertiary/aromatic N) is 1. The number of carboxylic acid groups (broad SMARTS) is 1. The first-order chi connectivity index (χ1) is 8.56. The summed E-state index contributed by atoms with van der Waals surface area (Å²) in [6.07, 6.45) is 2.61. The smallest absolute Gasteiger partial charge is 0.306 e. The van der Waals surface area contributed by atoms with Gasteiger partial charge >= 0.3 is 5.97 Å². The minimum atomic E-state index is -0.744. The Morgan fingerprint density at radius 2 is 2.06 bits per heavy atom. The predicted octanol–water partition coefficient (Wildman–Crippen LogP) is 1.36. The first-order valence-electron chi connectivity index (χ1n) is 6.03. The number of aryl methyl sites for hydroxylation is 1. The van der Waals surface area contributed by atoms with Crippen LogP contribution < -0.4 is 5.32 Å². The summed E-state index contributed by atoms with van der Waals surface area (Å²) in [6.45, 7) is 1.72. The van der Waals surface area contributed by atoms with Crippen LogP contribution >= 0.6 is 0 Å². The molecule has 1 amide bonds. The van der Waals surface area contributed by atoms with Crippen molar-refractivity contribution in [3.05, 3.63) is 17.5 Å². The van der Waals surface area contributed by atoms with Crippen LogP contribution in [0.2, 0.25) is 0 Å². The Hall–Kier alpha value is -1.85. The third kappa shape index (κ3) is 2.88. The molecule has 0 unspecified atom stereocenters. The molecule has 0 saturated heterocycles. The quantitative estimate of drug-likeness (QED) is 0.847. The molecule has 1 aliphatic rings. The van der Waals surface area contributed by atoms with E-state index in [0.717, 1.165) is 0 Å². The van der Waals surface area contributed by atoms with Crippen LogP contribution in [-0.2, 0) is 4.79 Å². The van der Waals surface area contributed by atoms with Crippen molar-refractivity contribution in [1.29, 1.82) is 0 Å². The van der Waals surface area contributed by atoms with Gasteiger partial charge in [0, 0.05) is 12.1 Å². The molecule has 0 aromatic carbocycles. The number of aromatic nitrogens is 1. The lowest BCUT2D eigenvalue weighted by Gasteiger charge is -2.26. The van der Waals surface area contributed by atoms with Gasteiger partial charge in [-0.05, 0) is 32.6 Å². The lowest BCUT2D eigenvalue weighted by Crippen LogP contribution is -2.38. The number of amides is 1. The van der Waals surface area contributed by atoms with E-state index in [0.29, 0.717) is 31.4 Å². The minimum absolute atomic E-state index is 0.0325. The van der Waals surface area contributed by atoms with Gasteiger partial charge in [-0.15, -0.1) is 0 Å². The maximum atomic E-state index is 11.8. The molecule has 1 aromatic rings. The fourth-order valence-corrected chi connectivity index (χ4v) is 2.22. The molecule has 0 bridgehead atoms. The second-order valence-electron chi connectivity index (χ2n) is 4.68. The summed E-state index contributed by atoms with van der Waals surface area (Å²) >= 11 is 0. The molecule has 0 atom stereocenters. The van der Waals surface area contributed by atoms with Gasteiger partial charge in [0.25, 0.3) is 5.91 Å². The van der Waals surface area contributed by atoms with Gasteiger partial charge in [-0.25, -0.2) is 0 Å². The van der Waals surface area contributed by atoms with E-state index in [1.165, 1.54) is 0 Å². The van der Waals surface area contributed by atoms with Crippen LogP contribution in [0.25, 0.3) is 0 Å². The monoisotopic (exact) mass is 252 g/mol. The molecule has 0 radical (unpaired) electrons. The molecule has 1 aromatic heterocycles. The van der Waals surface area contributed by atoms with Gasteiger partial charge in [0.1, 0.15) is 5.76 Å². The second-order valence-corrected chi connectivity index (χ2v) is 4.68. The van der Waals surface area contributed by atoms with Crippen molar-refractivity contribution in [2.24, 2.45) is 5.92 Å². The zero-order chi connectivity index (χ0) is 13.1. The van der Waals surface area contributed by atoms with Gasteiger partial charge < -0.3 is 14.9 Å². The van der Waals surface area contributed by atoms with Crippen molar-refractivity contribution < 1.29 is 19.2 Å². The van der Waals surface area contributed by atoms with Crippen molar-refractivity contribution >= 4 is 11.9 Å². The number of hydrogen-bond acceptors (Lipinski definition) is 4. The number of rotatable bonds is 3. The van der Waals surface area contributed by atoms with Gasteiger partial charge in [-0.2, -0.15) is 0 Å². The van der Waals surface area contributed by atoms with Gasteiger partial charge in [0.15, 0.2) is 5.69 Å². The molecule has 1 heterocycles. The standard InChI is InChI=1S/C12H16N2O4/c1-7-6-10(14-18-7)11(15)13-9-4-2-8(3-5-9)12(16)17/h6,8-9H,2-5H2,1H3,(H,13,15)(H,16,17). The van der Waals surface area contributed by atoms with Crippen LogP contribution in [0.4, 0.5) is 0 Å². The first-order valence-corrected chi connectivity index (χ1v) is 6.03. The molecule has 2 rings (SSSR count). The summed E-state index contributed by atoms with van der Waals surface area (Å²) < 4.78 is 4.83. The number of carbonyl (C=O) groups excluding carboxylic acids is 1. The molecule has 0 spiro atoms. The summed E-state index contributed by atoms with van der Waals surface area (Å²) in [5.74, 6) is -0.681. The zero-order valence-electron chi connectivity index (χ0n) is 10.2. The van der Waals surface area contributed by atoms with Crippen molar-refractivity contribution in [3.8, 4) is 0 Å². The van der Waals surface area contributed by atoms with Crippen molar-refractivity contribution in [1.82, 2.24) is 10.5 Å². The molecule has 1 saturated carbocycles. The lowest BCUT2D eigenvalue weighted by molar-refractivity contribution is -0.142.